The van der Waals surface area contributed by atoms with Crippen LogP contribution in [0.3, 0.4) is 0 Å². The van der Waals surface area contributed by atoms with Crippen molar-refractivity contribution >= 4 is 0 Å². The number of rotatable bonds is 5. The molecule has 0 aliphatic heterocycles. The summed E-state index contributed by atoms with van der Waals surface area (Å²) >= 11 is 0. The number of unbranched alkanes of at least 4 members (excludes halogenated alkanes) is 1. The topological polar surface area (TPSA) is 0 Å². The zero-order valence-corrected chi connectivity index (χ0v) is 7.69. The van der Waals surface area contributed by atoms with Gasteiger partial charge in [-0.15, -0.1) is 0 Å². The molecular formula is C10H21-. The highest BCUT2D eigenvalue weighted by Crippen LogP contribution is 2.19. The van der Waals surface area contributed by atoms with Crippen molar-refractivity contribution < 1.29 is 0 Å². The largest absolute Gasteiger partial charge is 0.343 e. The van der Waals surface area contributed by atoms with Crippen LogP contribution >= 0.6 is 0 Å². The Morgan fingerprint density at radius 3 is 2.20 bits per heavy atom. The number of hydrogen-bond donors (Lipinski definition) is 0. The van der Waals surface area contributed by atoms with E-state index >= 15 is 0 Å². The maximum Gasteiger partial charge on any atom is -0.0441 e. The quantitative estimate of drug-likeness (QED) is 0.512. The van der Waals surface area contributed by atoms with Crippen LogP contribution in [-0.2, 0) is 0 Å². The van der Waals surface area contributed by atoms with Gasteiger partial charge in [-0.1, -0.05) is 46.0 Å². The van der Waals surface area contributed by atoms with Crippen LogP contribution in [0.15, 0.2) is 0 Å². The highest BCUT2D eigenvalue weighted by Gasteiger charge is 2.05. The van der Waals surface area contributed by atoms with E-state index in [1.165, 1.54) is 19.3 Å². The van der Waals surface area contributed by atoms with Gasteiger partial charge in [0.2, 0.25) is 0 Å². The average molecular weight is 141 g/mol. The van der Waals surface area contributed by atoms with Crippen molar-refractivity contribution in [1.29, 1.82) is 0 Å². The third-order valence-corrected chi connectivity index (χ3v) is 2.44. The minimum atomic E-state index is 0.812. The summed E-state index contributed by atoms with van der Waals surface area (Å²) in [6.07, 6.45) is 5.18. The van der Waals surface area contributed by atoms with E-state index < -0.39 is 0 Å². The minimum Gasteiger partial charge on any atom is -0.343 e. The standard InChI is InChI=1S/C10H21/c1-5-7-8-10(4)9(3)6-2/h9-10H,2,5-8H2,1,3-4H3/q-1. The molecule has 0 bridgehead atoms. The molecule has 62 valence electrons. The van der Waals surface area contributed by atoms with Gasteiger partial charge in [0, 0.05) is 0 Å². The lowest BCUT2D eigenvalue weighted by atomic mass is 9.89. The van der Waals surface area contributed by atoms with Crippen molar-refractivity contribution in [3.63, 3.8) is 0 Å². The first-order valence-corrected chi connectivity index (χ1v) is 4.51. The molecule has 0 saturated carbocycles. The molecule has 0 aliphatic carbocycles. The lowest BCUT2D eigenvalue weighted by Gasteiger charge is -2.20. The second-order valence-corrected chi connectivity index (χ2v) is 3.39. The summed E-state index contributed by atoms with van der Waals surface area (Å²) in [5, 5.41) is 0. The lowest BCUT2D eigenvalue weighted by molar-refractivity contribution is 0.357. The summed E-state index contributed by atoms with van der Waals surface area (Å²) in [5.74, 6) is 1.68. The van der Waals surface area contributed by atoms with Crippen molar-refractivity contribution in [2.45, 2.75) is 46.5 Å². The molecule has 0 aromatic carbocycles. The Bertz CT molecular complexity index is 66.4. The fourth-order valence-corrected chi connectivity index (χ4v) is 1.10. The van der Waals surface area contributed by atoms with Crippen LogP contribution in [0.5, 0.6) is 0 Å². The fraction of sp³-hybridized carbons (Fsp3) is 0.900. The Morgan fingerprint density at radius 1 is 1.20 bits per heavy atom. The molecule has 0 N–H and O–H groups in total. The molecule has 0 heterocycles. The van der Waals surface area contributed by atoms with Gasteiger partial charge < -0.3 is 6.92 Å². The van der Waals surface area contributed by atoms with Crippen molar-refractivity contribution in [3.05, 3.63) is 6.92 Å². The van der Waals surface area contributed by atoms with Crippen LogP contribution in [0.4, 0.5) is 0 Å². The molecule has 0 nitrogen and oxygen atoms in total. The highest BCUT2D eigenvalue weighted by molar-refractivity contribution is 4.62. The van der Waals surface area contributed by atoms with E-state index in [-0.39, 0.29) is 0 Å². The van der Waals surface area contributed by atoms with Gasteiger partial charge in [0.25, 0.3) is 0 Å². The van der Waals surface area contributed by atoms with Crippen LogP contribution in [0.25, 0.3) is 0 Å². The zero-order valence-electron chi connectivity index (χ0n) is 7.69. The molecule has 2 atom stereocenters. The Morgan fingerprint density at radius 2 is 1.80 bits per heavy atom. The van der Waals surface area contributed by atoms with E-state index in [1.54, 1.807) is 0 Å². The molecule has 0 fully saturated rings. The first kappa shape index (κ1) is 10.0. The third kappa shape index (κ3) is 3.92. The van der Waals surface area contributed by atoms with Gasteiger partial charge in [-0.25, -0.2) is 0 Å². The first-order valence-electron chi connectivity index (χ1n) is 4.51. The van der Waals surface area contributed by atoms with Crippen LogP contribution in [0.2, 0.25) is 0 Å². The van der Waals surface area contributed by atoms with Crippen molar-refractivity contribution in [3.8, 4) is 0 Å². The third-order valence-electron chi connectivity index (χ3n) is 2.44. The van der Waals surface area contributed by atoms with Gasteiger partial charge >= 0.3 is 0 Å². The zero-order chi connectivity index (χ0) is 7.98. The van der Waals surface area contributed by atoms with E-state index in [4.69, 9.17) is 0 Å². The molecule has 0 aromatic rings. The molecule has 0 radical (unpaired) electrons. The average Bonchev–Trinajstić information content (AvgIpc) is 1.98. The van der Waals surface area contributed by atoms with Crippen LogP contribution in [0.1, 0.15) is 46.5 Å². The van der Waals surface area contributed by atoms with E-state index in [0.29, 0.717) is 0 Å². The summed E-state index contributed by atoms with van der Waals surface area (Å²) in [6, 6.07) is 0. The van der Waals surface area contributed by atoms with Gasteiger partial charge in [0.15, 0.2) is 0 Å². The van der Waals surface area contributed by atoms with E-state index in [1.807, 2.05) is 0 Å². The summed E-state index contributed by atoms with van der Waals surface area (Å²) < 4.78 is 0. The van der Waals surface area contributed by atoms with Gasteiger partial charge in [-0.3, -0.25) is 0 Å². The van der Waals surface area contributed by atoms with E-state index in [9.17, 15) is 0 Å². The van der Waals surface area contributed by atoms with Crippen LogP contribution in [-0.4, -0.2) is 0 Å². The predicted octanol–water partition coefficient (Wildman–Crippen LogP) is 3.67. The first-order chi connectivity index (χ1) is 4.72. The maximum atomic E-state index is 3.91. The van der Waals surface area contributed by atoms with Crippen LogP contribution in [0, 0.1) is 18.8 Å². The molecule has 0 aromatic heterocycles. The predicted molar refractivity (Wildman–Crippen MR) is 47.8 cm³/mol. The SMILES string of the molecule is [CH2-]CC(C)C(C)CCCC. The lowest BCUT2D eigenvalue weighted by Crippen LogP contribution is -2.06. The molecule has 0 amide bonds. The monoisotopic (exact) mass is 141 g/mol. The minimum absolute atomic E-state index is 0.812. The van der Waals surface area contributed by atoms with Crippen molar-refractivity contribution in [2.75, 3.05) is 0 Å². The van der Waals surface area contributed by atoms with E-state index in [2.05, 4.69) is 27.7 Å². The highest BCUT2D eigenvalue weighted by atomic mass is 14.1. The maximum absolute atomic E-state index is 3.91. The smallest absolute Gasteiger partial charge is 0.0441 e. The molecule has 0 aliphatic rings. The van der Waals surface area contributed by atoms with Gasteiger partial charge in [-0.2, -0.15) is 6.42 Å². The molecule has 2 unspecified atom stereocenters. The second kappa shape index (κ2) is 5.76. The summed E-state index contributed by atoms with van der Waals surface area (Å²) in [5.41, 5.74) is 0. The Labute approximate surface area is 66.0 Å². The fourth-order valence-electron chi connectivity index (χ4n) is 1.10. The molecule has 0 heteroatoms. The summed E-state index contributed by atoms with van der Waals surface area (Å²) in [6.45, 7) is 10.8. The molecule has 10 heavy (non-hydrogen) atoms. The molecule has 0 saturated heterocycles. The molecule has 0 rings (SSSR count). The molecule has 0 spiro atoms. The summed E-state index contributed by atoms with van der Waals surface area (Å²) in [7, 11) is 0. The Hall–Kier alpha value is 0. The Kier molecular flexibility index (Phi) is 5.76. The van der Waals surface area contributed by atoms with Gasteiger partial charge in [-0.05, 0) is 5.92 Å². The number of hydrogen-bond acceptors (Lipinski definition) is 0. The summed E-state index contributed by atoms with van der Waals surface area (Å²) in [4.78, 5) is 0. The molecular weight excluding hydrogens is 120 g/mol. The second-order valence-electron chi connectivity index (χ2n) is 3.39. The van der Waals surface area contributed by atoms with E-state index in [0.717, 1.165) is 18.3 Å². The normalized spacial score (nSPS) is 16.8. The Balaban J connectivity index is 3.31. The van der Waals surface area contributed by atoms with Crippen molar-refractivity contribution in [2.24, 2.45) is 11.8 Å². The van der Waals surface area contributed by atoms with Gasteiger partial charge in [0.05, 0.1) is 0 Å². The van der Waals surface area contributed by atoms with Gasteiger partial charge in [0.1, 0.15) is 0 Å². The van der Waals surface area contributed by atoms with Crippen molar-refractivity contribution in [1.82, 2.24) is 0 Å². The van der Waals surface area contributed by atoms with Crippen LogP contribution < -0.4 is 0 Å².